The molecule has 1 atom stereocenters. The third-order valence-electron chi connectivity index (χ3n) is 3.60. The maximum Gasteiger partial charge on any atom is 0.0719 e. The molecule has 1 aromatic heterocycles. The Morgan fingerprint density at radius 1 is 1.24 bits per heavy atom. The molecule has 0 spiro atoms. The molecule has 4 nitrogen and oxygen atoms in total. The van der Waals surface area contributed by atoms with Gasteiger partial charge in [-0.1, -0.05) is 25.1 Å². The van der Waals surface area contributed by atoms with Gasteiger partial charge >= 0.3 is 0 Å². The third kappa shape index (κ3) is 4.05. The van der Waals surface area contributed by atoms with Gasteiger partial charge in [-0.05, 0) is 33.4 Å². The normalized spacial score (nSPS) is 13.2. The molecule has 0 aliphatic heterocycles. The fourth-order valence-electron chi connectivity index (χ4n) is 2.61. The van der Waals surface area contributed by atoms with E-state index >= 15 is 0 Å². The van der Waals surface area contributed by atoms with E-state index in [2.05, 4.69) is 62.0 Å². The average molecular weight is 289 g/mol. The van der Waals surface area contributed by atoms with Crippen molar-refractivity contribution in [3.05, 3.63) is 30.0 Å². The lowest BCUT2D eigenvalue weighted by molar-refractivity contribution is 0.0614. The molecule has 4 heteroatoms. The van der Waals surface area contributed by atoms with Gasteiger partial charge in [0.15, 0.2) is 0 Å². The lowest BCUT2D eigenvalue weighted by atomic mass is 10.1. The fourth-order valence-corrected chi connectivity index (χ4v) is 2.61. The number of likely N-dealkylation sites (N-methyl/N-ethyl adjacent to an activating group) is 1. The van der Waals surface area contributed by atoms with Crippen molar-refractivity contribution in [2.75, 3.05) is 13.2 Å². The van der Waals surface area contributed by atoms with Crippen LogP contribution in [0.15, 0.2) is 24.3 Å². The minimum Gasteiger partial charge on any atom is -0.377 e. The summed E-state index contributed by atoms with van der Waals surface area (Å²) in [6.45, 7) is 11.0. The van der Waals surface area contributed by atoms with Gasteiger partial charge in [0.1, 0.15) is 0 Å². The molecule has 0 fully saturated rings. The predicted molar refractivity (Wildman–Crippen MR) is 87.7 cm³/mol. The molecule has 0 saturated carbocycles. The Hall–Kier alpha value is -1.39. The van der Waals surface area contributed by atoms with Gasteiger partial charge in [0.25, 0.3) is 0 Å². The molecule has 0 aliphatic carbocycles. The van der Waals surface area contributed by atoms with Crippen LogP contribution in [0, 0.1) is 0 Å². The van der Waals surface area contributed by atoms with Gasteiger partial charge in [-0.15, -0.1) is 0 Å². The summed E-state index contributed by atoms with van der Waals surface area (Å²) < 4.78 is 7.86. The second kappa shape index (κ2) is 7.57. The first-order valence-corrected chi connectivity index (χ1v) is 7.95. The van der Waals surface area contributed by atoms with Crippen molar-refractivity contribution in [1.29, 1.82) is 0 Å². The maximum atomic E-state index is 5.78. The van der Waals surface area contributed by atoms with Gasteiger partial charge in [-0.25, -0.2) is 0 Å². The monoisotopic (exact) mass is 289 g/mol. The van der Waals surface area contributed by atoms with Crippen LogP contribution in [0.25, 0.3) is 10.9 Å². The second-order valence-corrected chi connectivity index (χ2v) is 5.62. The molecule has 0 amide bonds. The van der Waals surface area contributed by atoms with Crippen molar-refractivity contribution < 1.29 is 4.74 Å². The van der Waals surface area contributed by atoms with Gasteiger partial charge in [0.05, 0.1) is 23.9 Å². The number of nitrogens with one attached hydrogen (secondary N) is 1. The maximum absolute atomic E-state index is 5.78. The van der Waals surface area contributed by atoms with Crippen molar-refractivity contribution in [1.82, 2.24) is 15.1 Å². The van der Waals surface area contributed by atoms with Crippen LogP contribution < -0.4 is 5.32 Å². The van der Waals surface area contributed by atoms with Crippen LogP contribution in [0.2, 0.25) is 0 Å². The number of benzene rings is 1. The highest BCUT2D eigenvalue weighted by atomic mass is 16.5. The minimum atomic E-state index is 0.260. The molecule has 1 unspecified atom stereocenters. The van der Waals surface area contributed by atoms with Crippen molar-refractivity contribution in [2.45, 2.75) is 52.8 Å². The van der Waals surface area contributed by atoms with E-state index in [4.69, 9.17) is 9.84 Å². The van der Waals surface area contributed by atoms with E-state index in [-0.39, 0.29) is 6.10 Å². The zero-order valence-electron chi connectivity index (χ0n) is 13.6. The summed E-state index contributed by atoms with van der Waals surface area (Å²) in [6, 6.07) is 8.77. The Balaban J connectivity index is 2.19. The number of aryl methyl sites for hydroxylation is 1. The van der Waals surface area contributed by atoms with Crippen LogP contribution in [0.4, 0.5) is 0 Å². The lowest BCUT2D eigenvalue weighted by Crippen LogP contribution is -2.36. The Bertz CT molecular complexity index is 562. The molecule has 0 radical (unpaired) electrons. The highest BCUT2D eigenvalue weighted by Gasteiger charge is 2.15. The first-order valence-electron chi connectivity index (χ1n) is 7.95. The van der Waals surface area contributed by atoms with E-state index in [0.717, 1.165) is 31.8 Å². The number of nitrogens with zero attached hydrogens (tertiary/aromatic N) is 2. The molecule has 2 rings (SSSR count). The number of fused-ring (bicyclic) bond motifs is 1. The molecule has 2 aromatic rings. The molecule has 1 aromatic carbocycles. The Morgan fingerprint density at radius 3 is 2.67 bits per heavy atom. The van der Waals surface area contributed by atoms with Crippen molar-refractivity contribution in [2.24, 2.45) is 0 Å². The molecule has 0 bridgehead atoms. The Kier molecular flexibility index (Phi) is 5.76. The lowest BCUT2D eigenvalue weighted by Gasteiger charge is -2.18. The molecular weight excluding hydrogens is 262 g/mol. The molecular formula is C17H27N3O. The topological polar surface area (TPSA) is 39.1 Å². The predicted octanol–water partition coefficient (Wildman–Crippen LogP) is 3.00. The van der Waals surface area contributed by atoms with Crippen LogP contribution >= 0.6 is 0 Å². The van der Waals surface area contributed by atoms with E-state index < -0.39 is 0 Å². The van der Waals surface area contributed by atoms with E-state index in [9.17, 15) is 0 Å². The summed E-state index contributed by atoms with van der Waals surface area (Å²) >= 11 is 0. The van der Waals surface area contributed by atoms with Crippen molar-refractivity contribution in [3.8, 4) is 0 Å². The van der Waals surface area contributed by atoms with Gasteiger partial charge in [-0.3, -0.25) is 4.68 Å². The standard InChI is InChI=1S/C17H27N3O/c1-5-18-14(12-21-13(3)4)11-16-15-9-7-8-10-17(15)20(6-2)19-16/h7-10,13-14,18H,5-6,11-12H2,1-4H3. The van der Waals surface area contributed by atoms with E-state index in [1.165, 1.54) is 10.9 Å². The Morgan fingerprint density at radius 2 is 2.00 bits per heavy atom. The molecule has 1 heterocycles. The SMILES string of the molecule is CCNC(COC(C)C)Cc1nn(CC)c2ccccc12. The molecule has 1 N–H and O–H groups in total. The van der Waals surface area contributed by atoms with Gasteiger partial charge in [0.2, 0.25) is 0 Å². The number of hydrogen-bond donors (Lipinski definition) is 1. The highest BCUT2D eigenvalue weighted by Crippen LogP contribution is 2.19. The largest absolute Gasteiger partial charge is 0.377 e. The minimum absolute atomic E-state index is 0.260. The number of rotatable bonds is 8. The summed E-state index contributed by atoms with van der Waals surface area (Å²) in [5.41, 5.74) is 2.38. The van der Waals surface area contributed by atoms with E-state index in [1.807, 2.05) is 0 Å². The summed E-state index contributed by atoms with van der Waals surface area (Å²) in [6.07, 6.45) is 1.16. The van der Waals surface area contributed by atoms with Crippen LogP contribution in [-0.4, -0.2) is 35.1 Å². The summed E-state index contributed by atoms with van der Waals surface area (Å²) in [7, 11) is 0. The fraction of sp³-hybridized carbons (Fsp3) is 0.588. The van der Waals surface area contributed by atoms with E-state index in [1.54, 1.807) is 0 Å². The first-order chi connectivity index (χ1) is 10.2. The van der Waals surface area contributed by atoms with Crippen LogP contribution in [-0.2, 0) is 17.7 Å². The molecule has 21 heavy (non-hydrogen) atoms. The number of ether oxygens (including phenoxy) is 1. The summed E-state index contributed by atoms with van der Waals surface area (Å²) in [5, 5.41) is 9.54. The number of aromatic nitrogens is 2. The number of hydrogen-bond acceptors (Lipinski definition) is 3. The van der Waals surface area contributed by atoms with Gasteiger partial charge < -0.3 is 10.1 Å². The van der Waals surface area contributed by atoms with E-state index in [0.29, 0.717) is 6.04 Å². The van der Waals surface area contributed by atoms with Crippen LogP contribution in [0.1, 0.15) is 33.4 Å². The van der Waals surface area contributed by atoms with Gasteiger partial charge in [0, 0.05) is 24.4 Å². The van der Waals surface area contributed by atoms with Crippen molar-refractivity contribution >= 4 is 10.9 Å². The van der Waals surface area contributed by atoms with Gasteiger partial charge in [-0.2, -0.15) is 5.10 Å². The van der Waals surface area contributed by atoms with Crippen LogP contribution in [0.5, 0.6) is 0 Å². The third-order valence-corrected chi connectivity index (χ3v) is 3.60. The number of para-hydroxylation sites is 1. The zero-order valence-corrected chi connectivity index (χ0v) is 13.6. The Labute approximate surface area is 127 Å². The summed E-state index contributed by atoms with van der Waals surface area (Å²) in [5.74, 6) is 0. The first kappa shape index (κ1) is 16.0. The van der Waals surface area contributed by atoms with Crippen LogP contribution in [0.3, 0.4) is 0 Å². The quantitative estimate of drug-likeness (QED) is 0.812. The zero-order chi connectivity index (χ0) is 15.2. The van der Waals surface area contributed by atoms with Crippen molar-refractivity contribution in [3.63, 3.8) is 0 Å². The molecule has 116 valence electrons. The average Bonchev–Trinajstić information content (AvgIpc) is 2.83. The highest BCUT2D eigenvalue weighted by molar-refractivity contribution is 5.82. The molecule has 0 saturated heterocycles. The molecule has 0 aliphatic rings. The smallest absolute Gasteiger partial charge is 0.0719 e. The second-order valence-electron chi connectivity index (χ2n) is 5.62. The summed E-state index contributed by atoms with van der Waals surface area (Å²) in [4.78, 5) is 0.